The number of hydrogen-bond donors (Lipinski definition) is 2. The molecule has 3 atom stereocenters. The zero-order valence-electron chi connectivity index (χ0n) is 7.90. The molecule has 1 heterocycles. The molecule has 0 aromatic heterocycles. The van der Waals surface area contributed by atoms with E-state index in [0.717, 1.165) is 19.4 Å². The van der Waals surface area contributed by atoms with Gasteiger partial charge in [0.15, 0.2) is 0 Å². The van der Waals surface area contributed by atoms with Crippen LogP contribution in [0.4, 0.5) is 0 Å². The molecule has 0 aliphatic carbocycles. The Balaban J connectivity index is 2.41. The number of likely N-dealkylation sites (tertiary alicyclic amines) is 1. The summed E-state index contributed by atoms with van der Waals surface area (Å²) in [5.74, 6) is 0. The third-order valence-electron chi connectivity index (χ3n) is 2.58. The van der Waals surface area contributed by atoms with Crippen LogP contribution in [0.3, 0.4) is 0 Å². The second-order valence-corrected chi connectivity index (χ2v) is 3.79. The third kappa shape index (κ3) is 2.44. The summed E-state index contributed by atoms with van der Waals surface area (Å²) in [4.78, 5) is 2.15. The lowest BCUT2D eigenvalue weighted by molar-refractivity contribution is -0.0000817. The first-order chi connectivity index (χ1) is 5.61. The van der Waals surface area contributed by atoms with Crippen molar-refractivity contribution in [3.8, 4) is 0 Å². The Hall–Kier alpha value is -0.120. The Labute approximate surface area is 74.0 Å². The van der Waals surface area contributed by atoms with Crippen LogP contribution in [0.5, 0.6) is 0 Å². The van der Waals surface area contributed by atoms with E-state index in [1.807, 2.05) is 6.92 Å². The normalized spacial score (nSPS) is 35.0. The fourth-order valence-corrected chi connectivity index (χ4v) is 1.79. The molecule has 2 N–H and O–H groups in total. The van der Waals surface area contributed by atoms with Gasteiger partial charge in [-0.1, -0.05) is 0 Å². The van der Waals surface area contributed by atoms with Crippen molar-refractivity contribution < 1.29 is 10.2 Å². The highest BCUT2D eigenvalue weighted by Crippen LogP contribution is 2.17. The number of aliphatic hydroxyl groups excluding tert-OH is 2. The van der Waals surface area contributed by atoms with Crippen LogP contribution in [0.25, 0.3) is 0 Å². The highest BCUT2D eigenvalue weighted by molar-refractivity contribution is 4.81. The number of aliphatic hydroxyl groups is 2. The molecular formula is C9H19NO2. The Morgan fingerprint density at radius 2 is 2.25 bits per heavy atom. The van der Waals surface area contributed by atoms with Gasteiger partial charge in [0.2, 0.25) is 0 Å². The summed E-state index contributed by atoms with van der Waals surface area (Å²) >= 11 is 0. The molecule has 1 saturated heterocycles. The van der Waals surface area contributed by atoms with Gasteiger partial charge < -0.3 is 10.2 Å². The maximum Gasteiger partial charge on any atom is 0.0693 e. The van der Waals surface area contributed by atoms with E-state index in [9.17, 15) is 10.2 Å². The Bertz CT molecular complexity index is 138. The van der Waals surface area contributed by atoms with Crippen molar-refractivity contribution in [2.45, 2.75) is 44.9 Å². The van der Waals surface area contributed by atoms with Crippen molar-refractivity contribution in [3.63, 3.8) is 0 Å². The van der Waals surface area contributed by atoms with E-state index < -0.39 is 0 Å². The van der Waals surface area contributed by atoms with Gasteiger partial charge in [-0.3, -0.25) is 4.90 Å². The van der Waals surface area contributed by atoms with Crippen LogP contribution in [-0.2, 0) is 0 Å². The average Bonchev–Trinajstić information content (AvgIpc) is 1.98. The summed E-state index contributed by atoms with van der Waals surface area (Å²) in [5.41, 5.74) is 0. The molecule has 0 saturated carbocycles. The second kappa shape index (κ2) is 4.21. The molecule has 3 unspecified atom stereocenters. The largest absolute Gasteiger partial charge is 0.392 e. The summed E-state index contributed by atoms with van der Waals surface area (Å²) in [7, 11) is 0. The summed E-state index contributed by atoms with van der Waals surface area (Å²) in [6.45, 7) is 5.49. The fraction of sp³-hybridized carbons (Fsp3) is 1.00. The number of hydrogen-bond acceptors (Lipinski definition) is 3. The summed E-state index contributed by atoms with van der Waals surface area (Å²) in [5, 5.41) is 18.7. The number of nitrogens with zero attached hydrogens (tertiary/aromatic N) is 1. The van der Waals surface area contributed by atoms with Crippen molar-refractivity contribution >= 4 is 0 Å². The van der Waals surface area contributed by atoms with Crippen molar-refractivity contribution in [2.24, 2.45) is 0 Å². The zero-order chi connectivity index (χ0) is 9.14. The van der Waals surface area contributed by atoms with Gasteiger partial charge in [-0.2, -0.15) is 0 Å². The summed E-state index contributed by atoms with van der Waals surface area (Å²) in [6.07, 6.45) is 1.44. The van der Waals surface area contributed by atoms with E-state index >= 15 is 0 Å². The maximum absolute atomic E-state index is 9.54. The minimum Gasteiger partial charge on any atom is -0.392 e. The van der Waals surface area contributed by atoms with E-state index in [4.69, 9.17) is 0 Å². The first-order valence-corrected chi connectivity index (χ1v) is 4.71. The lowest BCUT2D eigenvalue weighted by Crippen LogP contribution is -2.48. The van der Waals surface area contributed by atoms with Gasteiger partial charge in [0.1, 0.15) is 0 Å². The molecule has 0 aromatic rings. The molecular weight excluding hydrogens is 154 g/mol. The lowest BCUT2D eigenvalue weighted by atomic mass is 10.00. The van der Waals surface area contributed by atoms with E-state index in [0.29, 0.717) is 6.54 Å². The van der Waals surface area contributed by atoms with E-state index in [1.165, 1.54) is 0 Å². The molecule has 0 radical (unpaired) electrons. The molecule has 3 heteroatoms. The van der Waals surface area contributed by atoms with Crippen LogP contribution >= 0.6 is 0 Å². The molecule has 12 heavy (non-hydrogen) atoms. The van der Waals surface area contributed by atoms with Gasteiger partial charge in [-0.15, -0.1) is 0 Å². The predicted octanol–water partition coefficient (Wildman–Crippen LogP) is 0.212. The number of β-amino-alcohol motifs (C(OH)–C–C–N with tert-alkyl or cyclic N) is 1. The van der Waals surface area contributed by atoms with Gasteiger partial charge in [0.05, 0.1) is 12.2 Å². The van der Waals surface area contributed by atoms with Gasteiger partial charge in [-0.05, 0) is 33.2 Å². The highest BCUT2D eigenvalue weighted by atomic mass is 16.3. The Morgan fingerprint density at radius 3 is 2.83 bits per heavy atom. The number of piperidine rings is 1. The molecule has 3 nitrogen and oxygen atoms in total. The lowest BCUT2D eigenvalue weighted by Gasteiger charge is -2.37. The van der Waals surface area contributed by atoms with Crippen LogP contribution < -0.4 is 0 Å². The SMILES string of the molecule is CC(O)CN1CCCC(O)C1C. The first-order valence-electron chi connectivity index (χ1n) is 4.71. The van der Waals surface area contributed by atoms with Gasteiger partial charge in [0.25, 0.3) is 0 Å². The minimum atomic E-state index is -0.294. The standard InChI is InChI=1S/C9H19NO2/c1-7(11)6-10-5-3-4-9(12)8(10)2/h7-9,11-12H,3-6H2,1-2H3. The molecule has 1 aliphatic heterocycles. The molecule has 0 bridgehead atoms. The molecule has 0 aromatic carbocycles. The monoisotopic (exact) mass is 173 g/mol. The van der Waals surface area contributed by atoms with Crippen LogP contribution in [-0.4, -0.2) is 46.5 Å². The third-order valence-corrected chi connectivity index (χ3v) is 2.58. The maximum atomic E-state index is 9.54. The topological polar surface area (TPSA) is 43.7 Å². The van der Waals surface area contributed by atoms with Crippen molar-refractivity contribution in [1.82, 2.24) is 4.90 Å². The molecule has 1 rings (SSSR count). The summed E-state index contributed by atoms with van der Waals surface area (Å²) < 4.78 is 0. The predicted molar refractivity (Wildman–Crippen MR) is 48.0 cm³/mol. The molecule has 1 fully saturated rings. The van der Waals surface area contributed by atoms with E-state index in [1.54, 1.807) is 6.92 Å². The second-order valence-electron chi connectivity index (χ2n) is 3.79. The van der Waals surface area contributed by atoms with Gasteiger partial charge in [0, 0.05) is 12.6 Å². The van der Waals surface area contributed by atoms with E-state index in [2.05, 4.69) is 4.90 Å². The molecule has 72 valence electrons. The highest BCUT2D eigenvalue weighted by Gasteiger charge is 2.26. The fourth-order valence-electron chi connectivity index (χ4n) is 1.79. The van der Waals surface area contributed by atoms with Crippen molar-refractivity contribution in [1.29, 1.82) is 0 Å². The Morgan fingerprint density at radius 1 is 1.58 bits per heavy atom. The van der Waals surface area contributed by atoms with Gasteiger partial charge >= 0.3 is 0 Å². The Kier molecular flexibility index (Phi) is 3.50. The van der Waals surface area contributed by atoms with Crippen LogP contribution in [0.15, 0.2) is 0 Å². The van der Waals surface area contributed by atoms with Crippen LogP contribution in [0.2, 0.25) is 0 Å². The van der Waals surface area contributed by atoms with Crippen molar-refractivity contribution in [3.05, 3.63) is 0 Å². The van der Waals surface area contributed by atoms with E-state index in [-0.39, 0.29) is 18.2 Å². The first kappa shape index (κ1) is 9.96. The molecule has 0 spiro atoms. The molecule has 0 amide bonds. The smallest absolute Gasteiger partial charge is 0.0693 e. The van der Waals surface area contributed by atoms with Crippen LogP contribution in [0, 0.1) is 0 Å². The van der Waals surface area contributed by atoms with Gasteiger partial charge in [-0.25, -0.2) is 0 Å². The summed E-state index contributed by atoms with van der Waals surface area (Å²) in [6, 6.07) is 0.202. The quantitative estimate of drug-likeness (QED) is 0.627. The minimum absolute atomic E-state index is 0.202. The zero-order valence-corrected chi connectivity index (χ0v) is 7.90. The van der Waals surface area contributed by atoms with Crippen LogP contribution in [0.1, 0.15) is 26.7 Å². The molecule has 1 aliphatic rings. The average molecular weight is 173 g/mol. The van der Waals surface area contributed by atoms with Crippen molar-refractivity contribution in [2.75, 3.05) is 13.1 Å². The number of rotatable bonds is 2.